The molecule has 0 aliphatic heterocycles. The van der Waals surface area contributed by atoms with Crippen LogP contribution in [0.15, 0.2) is 36.4 Å². The van der Waals surface area contributed by atoms with Gasteiger partial charge in [-0.25, -0.2) is 0 Å². The van der Waals surface area contributed by atoms with Crippen molar-refractivity contribution in [1.29, 1.82) is 5.26 Å². The summed E-state index contributed by atoms with van der Waals surface area (Å²) in [6.45, 7) is 1.12. The first-order chi connectivity index (χ1) is 13.4. The van der Waals surface area contributed by atoms with Crippen molar-refractivity contribution in [2.75, 3.05) is 38.1 Å². The summed E-state index contributed by atoms with van der Waals surface area (Å²) in [7, 11) is 4.41. The van der Waals surface area contributed by atoms with E-state index in [4.69, 9.17) is 19.5 Å². The molecule has 0 saturated carbocycles. The minimum absolute atomic E-state index is 0.231. The summed E-state index contributed by atoms with van der Waals surface area (Å²) in [4.78, 5) is 25.9. The van der Waals surface area contributed by atoms with E-state index < -0.39 is 5.91 Å². The molecule has 0 radical (unpaired) electrons. The van der Waals surface area contributed by atoms with Crippen molar-refractivity contribution in [1.82, 2.24) is 0 Å². The smallest absolute Gasteiger partial charge is 0.244 e. The van der Waals surface area contributed by atoms with Gasteiger partial charge < -0.3 is 24.4 Å². The van der Waals surface area contributed by atoms with Crippen LogP contribution in [0.4, 0.5) is 11.4 Å². The van der Waals surface area contributed by atoms with Crippen LogP contribution >= 0.6 is 0 Å². The highest BCUT2D eigenvalue weighted by Crippen LogP contribution is 2.41. The number of methoxy groups -OCH3 is 3. The molecule has 0 aliphatic carbocycles. The van der Waals surface area contributed by atoms with E-state index >= 15 is 0 Å². The summed E-state index contributed by atoms with van der Waals surface area (Å²) in [5, 5.41) is 11.6. The fraction of sp³-hybridized carbons (Fsp3) is 0.250. The number of carbonyl (C=O) groups excluding carboxylic acids is 2. The van der Waals surface area contributed by atoms with Gasteiger partial charge in [-0.3, -0.25) is 9.59 Å². The monoisotopic (exact) mass is 383 g/mol. The zero-order valence-corrected chi connectivity index (χ0v) is 16.1. The molecule has 0 unspecified atom stereocenters. The molecule has 0 aliphatic rings. The fourth-order valence-electron chi connectivity index (χ4n) is 2.62. The summed E-state index contributed by atoms with van der Waals surface area (Å²) in [6, 6.07) is 11.7. The molecular formula is C20H21N3O5. The van der Waals surface area contributed by atoms with Gasteiger partial charge in [0.25, 0.3) is 0 Å². The molecule has 0 bridgehead atoms. The van der Waals surface area contributed by atoms with Gasteiger partial charge >= 0.3 is 0 Å². The van der Waals surface area contributed by atoms with E-state index in [1.54, 1.807) is 36.4 Å². The van der Waals surface area contributed by atoms with Crippen molar-refractivity contribution >= 4 is 23.2 Å². The van der Waals surface area contributed by atoms with Crippen LogP contribution in [-0.4, -0.2) is 39.7 Å². The number of ether oxygens (including phenoxy) is 3. The minimum atomic E-state index is -0.418. The van der Waals surface area contributed by atoms with Crippen LogP contribution in [0.2, 0.25) is 0 Å². The second-order valence-electron chi connectivity index (χ2n) is 5.73. The average Bonchev–Trinajstić information content (AvgIpc) is 2.70. The Morgan fingerprint density at radius 2 is 1.71 bits per heavy atom. The Kier molecular flexibility index (Phi) is 6.82. The number of rotatable bonds is 7. The third kappa shape index (κ3) is 4.71. The molecule has 0 spiro atoms. The van der Waals surface area contributed by atoms with Gasteiger partial charge in [-0.15, -0.1) is 0 Å². The molecule has 28 heavy (non-hydrogen) atoms. The maximum Gasteiger partial charge on any atom is 0.244 e. The van der Waals surface area contributed by atoms with Gasteiger partial charge in [0.15, 0.2) is 11.5 Å². The number of nitriles is 1. The maximum atomic E-state index is 12.5. The van der Waals surface area contributed by atoms with Crippen LogP contribution in [0.3, 0.4) is 0 Å². The lowest BCUT2D eigenvalue weighted by Gasteiger charge is -2.23. The lowest BCUT2D eigenvalue weighted by molar-refractivity contribution is -0.120. The fourth-order valence-corrected chi connectivity index (χ4v) is 2.62. The van der Waals surface area contributed by atoms with E-state index in [1.807, 2.05) is 6.07 Å². The highest BCUT2D eigenvalue weighted by atomic mass is 16.5. The SMILES string of the molecule is COc1cc(N(CC(=O)Nc2cccc(C#N)c2)C(C)=O)cc(OC)c1OC. The van der Waals surface area contributed by atoms with E-state index in [0.29, 0.717) is 34.2 Å². The van der Waals surface area contributed by atoms with Gasteiger partial charge in [0.2, 0.25) is 17.6 Å². The zero-order chi connectivity index (χ0) is 20.7. The summed E-state index contributed by atoms with van der Waals surface area (Å²) in [6.07, 6.45) is 0. The summed E-state index contributed by atoms with van der Waals surface area (Å²) in [5.74, 6) is 0.361. The number of carbonyl (C=O) groups is 2. The predicted molar refractivity (Wildman–Crippen MR) is 104 cm³/mol. The van der Waals surface area contributed by atoms with Gasteiger partial charge in [0.1, 0.15) is 6.54 Å². The quantitative estimate of drug-likeness (QED) is 0.789. The normalized spacial score (nSPS) is 9.82. The Bertz CT molecular complexity index is 895. The van der Waals surface area contributed by atoms with Crippen LogP contribution in [0.1, 0.15) is 12.5 Å². The standard InChI is InChI=1S/C20H21N3O5/c1-13(24)23(12-19(25)22-15-7-5-6-14(8-15)11-21)16-9-17(26-2)20(28-4)18(10-16)27-3/h5-10H,12H2,1-4H3,(H,22,25). The van der Waals surface area contributed by atoms with Gasteiger partial charge in [-0.2, -0.15) is 5.26 Å². The van der Waals surface area contributed by atoms with Gasteiger partial charge in [0, 0.05) is 24.7 Å². The number of hydrogen-bond donors (Lipinski definition) is 1. The summed E-state index contributed by atoms with van der Waals surface area (Å²) >= 11 is 0. The van der Waals surface area contributed by atoms with Crippen molar-refractivity contribution in [3.8, 4) is 23.3 Å². The molecule has 2 rings (SSSR count). The van der Waals surface area contributed by atoms with Crippen LogP contribution in [0.5, 0.6) is 17.2 Å². The molecule has 0 fully saturated rings. The van der Waals surface area contributed by atoms with Crippen LogP contribution < -0.4 is 24.4 Å². The number of nitrogens with one attached hydrogen (secondary N) is 1. The molecule has 146 valence electrons. The lowest BCUT2D eigenvalue weighted by Crippen LogP contribution is -2.36. The number of nitrogens with zero attached hydrogens (tertiary/aromatic N) is 2. The molecule has 0 saturated heterocycles. The first kappa shape index (κ1) is 20.6. The van der Waals surface area contributed by atoms with Crippen molar-refractivity contribution in [2.45, 2.75) is 6.92 Å². The Labute approximate surface area is 163 Å². The van der Waals surface area contributed by atoms with E-state index in [-0.39, 0.29) is 12.5 Å². The topological polar surface area (TPSA) is 101 Å². The van der Waals surface area contributed by atoms with E-state index in [0.717, 1.165) is 0 Å². The molecule has 0 atom stereocenters. The number of benzene rings is 2. The number of hydrogen-bond acceptors (Lipinski definition) is 6. The van der Waals surface area contributed by atoms with Crippen molar-refractivity contribution in [3.63, 3.8) is 0 Å². The molecule has 2 aromatic rings. The van der Waals surface area contributed by atoms with Gasteiger partial charge in [-0.05, 0) is 18.2 Å². The van der Waals surface area contributed by atoms with Crippen LogP contribution in [0.25, 0.3) is 0 Å². The number of amides is 2. The number of anilines is 2. The Hall–Kier alpha value is -3.73. The van der Waals surface area contributed by atoms with Crippen molar-refractivity contribution in [2.24, 2.45) is 0 Å². The van der Waals surface area contributed by atoms with Crippen molar-refractivity contribution < 1.29 is 23.8 Å². The predicted octanol–water partition coefficient (Wildman–Crippen LogP) is 2.58. The average molecular weight is 383 g/mol. The van der Waals surface area contributed by atoms with E-state index in [9.17, 15) is 9.59 Å². The molecule has 1 N–H and O–H groups in total. The third-order valence-electron chi connectivity index (χ3n) is 3.92. The first-order valence-electron chi connectivity index (χ1n) is 8.31. The van der Waals surface area contributed by atoms with Crippen LogP contribution in [-0.2, 0) is 9.59 Å². The second kappa shape index (κ2) is 9.28. The maximum absolute atomic E-state index is 12.5. The zero-order valence-electron chi connectivity index (χ0n) is 16.1. The van der Waals surface area contributed by atoms with E-state index in [2.05, 4.69) is 5.32 Å². The van der Waals surface area contributed by atoms with Crippen molar-refractivity contribution in [3.05, 3.63) is 42.0 Å². The molecule has 2 aromatic carbocycles. The van der Waals surface area contributed by atoms with Crippen LogP contribution in [0, 0.1) is 11.3 Å². The highest BCUT2D eigenvalue weighted by molar-refractivity contribution is 6.02. The van der Waals surface area contributed by atoms with Gasteiger partial charge in [-0.1, -0.05) is 6.07 Å². The molecule has 2 amide bonds. The lowest BCUT2D eigenvalue weighted by atomic mass is 10.2. The second-order valence-corrected chi connectivity index (χ2v) is 5.73. The summed E-state index contributed by atoms with van der Waals surface area (Å²) < 4.78 is 15.9. The molecule has 8 heteroatoms. The highest BCUT2D eigenvalue weighted by Gasteiger charge is 2.21. The first-order valence-corrected chi connectivity index (χ1v) is 8.31. The minimum Gasteiger partial charge on any atom is -0.493 e. The Morgan fingerprint density at radius 3 is 2.21 bits per heavy atom. The van der Waals surface area contributed by atoms with Gasteiger partial charge in [0.05, 0.1) is 38.6 Å². The Morgan fingerprint density at radius 1 is 1.07 bits per heavy atom. The third-order valence-corrected chi connectivity index (χ3v) is 3.92. The van der Waals surface area contributed by atoms with E-state index in [1.165, 1.54) is 33.2 Å². The summed E-state index contributed by atoms with van der Waals surface area (Å²) in [5.41, 5.74) is 1.31. The Balaban J connectivity index is 2.29. The largest absolute Gasteiger partial charge is 0.493 e. The molecule has 0 aromatic heterocycles. The molecular weight excluding hydrogens is 362 g/mol. The molecule has 0 heterocycles. The molecule has 8 nitrogen and oxygen atoms in total.